The van der Waals surface area contributed by atoms with Crippen molar-refractivity contribution in [3.63, 3.8) is 0 Å². The number of fused-ring (bicyclic) bond motifs is 2. The Morgan fingerprint density at radius 2 is 0.271 bits per heavy atom. The molecule has 0 spiro atoms. The Kier molecular flexibility index (Phi) is 55.4. The second-order valence-electron chi connectivity index (χ2n) is 29.4. The summed E-state index contributed by atoms with van der Waals surface area (Å²) in [4.78, 5) is 145. The van der Waals surface area contributed by atoms with Crippen LogP contribution in [0.15, 0.2) is 267 Å². The summed E-state index contributed by atoms with van der Waals surface area (Å²) >= 11 is 0. The number of non-ortho nitro benzene ring substituents is 4. The van der Waals surface area contributed by atoms with Crippen molar-refractivity contribution in [3.05, 3.63) is 307 Å². The summed E-state index contributed by atoms with van der Waals surface area (Å²) in [5.74, 6) is 0. The molecular formula is C92H108N20O24S8. The molecule has 0 aliphatic heterocycles. The molecule has 44 nitrogen and oxygen atoms in total. The van der Waals surface area contributed by atoms with Crippen molar-refractivity contribution >= 4 is 270 Å². The van der Waals surface area contributed by atoms with Gasteiger partial charge in [0.15, 0.2) is 0 Å². The van der Waals surface area contributed by atoms with Gasteiger partial charge >= 0.3 is 48.2 Å². The fourth-order valence-electron chi connectivity index (χ4n) is 10.8. The lowest BCUT2D eigenvalue weighted by Gasteiger charge is -2.16. The van der Waals surface area contributed by atoms with Crippen LogP contribution in [0, 0.1) is 40.5 Å². The topological polar surface area (TPSA) is 638 Å². The predicted octanol–water partition coefficient (Wildman–Crippen LogP) is 18.4. The van der Waals surface area contributed by atoms with Crippen molar-refractivity contribution < 1.29 is 91.7 Å². The molecule has 52 heteroatoms. The third kappa shape index (κ3) is 51.3. The van der Waals surface area contributed by atoms with E-state index in [0.717, 1.165) is 0 Å². The summed E-state index contributed by atoms with van der Waals surface area (Å²) in [5, 5.41) is 89.0. The van der Waals surface area contributed by atoms with E-state index in [1.165, 1.54) is 97.1 Å². The number of nitrogens with one attached hydrogen (secondary N) is 16. The molecule has 12 rings (SSSR count). The van der Waals surface area contributed by atoms with Crippen LogP contribution in [0.5, 0.6) is 0 Å². The third-order valence-electron chi connectivity index (χ3n) is 15.9. The van der Waals surface area contributed by atoms with E-state index in [2.05, 4.69) is 85.1 Å². The molecule has 0 saturated carbocycles. The van der Waals surface area contributed by atoms with Crippen LogP contribution in [-0.2, 0) is 86.4 Å². The van der Waals surface area contributed by atoms with Gasteiger partial charge in [-0.15, -0.1) is 0 Å². The molecule has 0 unspecified atom stereocenters. The Hall–Kier alpha value is -15.9. The van der Waals surface area contributed by atoms with E-state index in [9.17, 15) is 112 Å². The summed E-state index contributed by atoms with van der Waals surface area (Å²) in [6, 6.07) is 62.6. The van der Waals surface area contributed by atoms with E-state index in [1.807, 2.05) is 0 Å². The molecule has 12 aromatic carbocycles. The maximum atomic E-state index is 13.2. The highest BCUT2D eigenvalue weighted by Gasteiger charge is 2.20. The molecular weight excluding hydrogens is 2030 g/mol. The number of urea groups is 8. The zero-order valence-corrected chi connectivity index (χ0v) is 86.8. The average molecular weight is 2130 g/mol. The largest absolute Gasteiger partial charge is 0.323 e. The lowest BCUT2D eigenvalue weighted by Crippen LogP contribution is -2.23. The van der Waals surface area contributed by atoms with Crippen LogP contribution in [-0.4, -0.2) is 202 Å². The highest BCUT2D eigenvalue weighted by molar-refractivity contribution is 7.85. The monoisotopic (exact) mass is 2130 g/mol. The zero-order valence-electron chi connectivity index (χ0n) is 80.3. The molecule has 0 aromatic heterocycles. The maximum absolute atomic E-state index is 13.2. The van der Waals surface area contributed by atoms with Crippen LogP contribution in [0.4, 0.5) is 152 Å². The minimum absolute atomic E-state index is 0.124. The van der Waals surface area contributed by atoms with Crippen LogP contribution in [0.1, 0.15) is 0 Å². The number of nitrogens with zero attached hydrogens (tertiary/aromatic N) is 4. The van der Waals surface area contributed by atoms with Crippen molar-refractivity contribution in [1.82, 2.24) is 0 Å². The highest BCUT2D eigenvalue weighted by atomic mass is 32.2. The van der Waals surface area contributed by atoms with Crippen molar-refractivity contribution in [2.75, 3.05) is 185 Å². The van der Waals surface area contributed by atoms with Crippen molar-refractivity contribution in [2.45, 2.75) is 0 Å². The summed E-state index contributed by atoms with van der Waals surface area (Å²) in [7, 11) is -4.89. The first-order chi connectivity index (χ1) is 67.9. The van der Waals surface area contributed by atoms with Crippen molar-refractivity contribution in [1.29, 1.82) is 0 Å². The molecule has 0 atom stereocenters. The predicted molar refractivity (Wildman–Crippen MR) is 587 cm³/mol. The minimum atomic E-state index is -0.642. The van der Waals surface area contributed by atoms with Crippen LogP contribution in [0.25, 0.3) is 21.5 Å². The summed E-state index contributed by atoms with van der Waals surface area (Å²) in [6.07, 6.45) is 26.2. The number of anilines is 16. The van der Waals surface area contributed by atoms with Crippen LogP contribution < -0.4 is 85.1 Å². The standard InChI is InChI=1S/2C38H30N10O8.8C2H6OS/c2*49-35(39-23-15-19-25(20-16-23)47(53)54)43-31-9-1-3-11-33(31)45-37(51)41-29-13-5-8-28-27(29)7-6-14-30(28)42-38(52)46-34-12-4-2-10-32(34)44-36(50)40-24-17-21-26(22-18-24)48(55)56;8*1-4(2)3/h2*1-22H,(H2,39,43,49)(H2,40,44,50)(H2,41,45,51)(H2,42,46,52);8*1-2H3. The first kappa shape index (κ1) is 122. The minimum Gasteiger partial charge on any atom is -0.308 e. The van der Waals surface area contributed by atoms with Crippen LogP contribution in [0.2, 0.25) is 0 Å². The molecule has 16 N–H and O–H groups in total. The number of nitro groups is 4. The van der Waals surface area contributed by atoms with Gasteiger partial charge in [0.1, 0.15) is 0 Å². The average Bonchev–Trinajstić information content (AvgIpc) is 0.799. The van der Waals surface area contributed by atoms with E-state index in [-0.39, 0.29) is 68.2 Å². The molecule has 16 amide bonds. The van der Waals surface area contributed by atoms with E-state index in [1.54, 1.807) is 270 Å². The summed E-state index contributed by atoms with van der Waals surface area (Å²) in [6.45, 7) is 0. The first-order valence-corrected chi connectivity index (χ1v) is 56.7. The molecule has 0 fully saturated rings. The van der Waals surface area contributed by atoms with Gasteiger partial charge in [0.25, 0.3) is 22.7 Å². The number of hydrogen-bond acceptors (Lipinski definition) is 24. The van der Waals surface area contributed by atoms with Gasteiger partial charge < -0.3 is 85.1 Å². The number of para-hydroxylation sites is 8. The molecule has 0 radical (unpaired) electrons. The normalized spacial score (nSPS) is 10.0. The Labute approximate surface area is 848 Å². The smallest absolute Gasteiger partial charge is 0.308 e. The van der Waals surface area contributed by atoms with Gasteiger partial charge in [-0.05, 0) is 121 Å². The van der Waals surface area contributed by atoms with E-state index < -0.39 is 154 Å². The second-order valence-corrected chi connectivity index (χ2v) is 41.2. The fraction of sp³-hybridized carbons (Fsp3) is 0.174. The quantitative estimate of drug-likeness (QED) is 0.0249. The number of rotatable bonds is 20. The van der Waals surface area contributed by atoms with Crippen molar-refractivity contribution in [2.24, 2.45) is 0 Å². The number of carbonyl (C=O) groups excluding carboxylic acids is 8. The van der Waals surface area contributed by atoms with Gasteiger partial charge in [-0.25, -0.2) is 38.4 Å². The third-order valence-corrected chi connectivity index (χ3v) is 15.9. The molecule has 0 saturated heterocycles. The van der Waals surface area contributed by atoms with Gasteiger partial charge in [0, 0.05) is 279 Å². The van der Waals surface area contributed by atoms with Crippen molar-refractivity contribution in [3.8, 4) is 0 Å². The van der Waals surface area contributed by atoms with E-state index >= 15 is 0 Å². The number of benzene rings is 12. The molecule has 0 heterocycles. The van der Waals surface area contributed by atoms with Crippen LogP contribution >= 0.6 is 0 Å². The SMILES string of the molecule is CS(C)=O.CS(C)=O.CS(C)=O.CS(C)=O.CS(C)=O.CS(C)=O.CS(C)=O.CS(C)=O.O=C(Nc1ccc([N+](=O)[O-])cc1)Nc1ccccc1NC(=O)Nc1cccc2c(NC(=O)Nc3ccccc3NC(=O)Nc3ccc([N+](=O)[O-])cc3)cccc12.O=C(Nc1ccc([N+](=O)[O-])cc1)Nc1ccccc1NC(=O)Nc1cccc2c(NC(=O)Nc3ccccc3NC(=O)Nc3ccc([N+](=O)[O-])cc3)cccc12. The molecule has 0 aliphatic carbocycles. The zero-order chi connectivity index (χ0) is 108. The Bertz CT molecular complexity index is 5780. The van der Waals surface area contributed by atoms with E-state index in [0.29, 0.717) is 67.0 Å². The molecule has 12 aromatic rings. The van der Waals surface area contributed by atoms with Crippen LogP contribution in [0.3, 0.4) is 0 Å². The van der Waals surface area contributed by atoms with Gasteiger partial charge in [-0.3, -0.25) is 74.1 Å². The molecule has 768 valence electrons. The number of carbonyl (C=O) groups is 8. The Balaban J connectivity index is 0.000000569. The fourth-order valence-corrected chi connectivity index (χ4v) is 10.8. The summed E-state index contributed by atoms with van der Waals surface area (Å²) < 4.78 is 76.4. The highest BCUT2D eigenvalue weighted by Crippen LogP contribution is 2.34. The number of amides is 16. The second kappa shape index (κ2) is 65.2. The van der Waals surface area contributed by atoms with Gasteiger partial charge in [0.05, 0.1) is 87.9 Å². The van der Waals surface area contributed by atoms with Gasteiger partial charge in [-0.1, -0.05) is 97.1 Å². The van der Waals surface area contributed by atoms with Gasteiger partial charge in [-0.2, -0.15) is 0 Å². The Morgan fingerprint density at radius 1 is 0.167 bits per heavy atom. The maximum Gasteiger partial charge on any atom is 0.323 e. The molecule has 0 aliphatic rings. The number of hydrogen-bond donors (Lipinski definition) is 16. The molecule has 144 heavy (non-hydrogen) atoms. The number of nitro benzene ring substituents is 4. The first-order valence-electron chi connectivity index (χ1n) is 40.9. The van der Waals surface area contributed by atoms with Gasteiger partial charge in [0.2, 0.25) is 0 Å². The molecule has 0 bridgehead atoms. The lowest BCUT2D eigenvalue weighted by atomic mass is 10.1. The lowest BCUT2D eigenvalue weighted by molar-refractivity contribution is -0.385. The van der Waals surface area contributed by atoms with E-state index in [4.69, 9.17) is 0 Å². The summed E-state index contributed by atoms with van der Waals surface area (Å²) in [5.41, 5.74) is 4.68. The Morgan fingerprint density at radius 3 is 0.389 bits per heavy atom.